The Kier molecular flexibility index (Phi) is 6.30. The Morgan fingerprint density at radius 1 is 1.24 bits per heavy atom. The number of nitrogens with zero attached hydrogens (tertiary/aromatic N) is 1. The van der Waals surface area contributed by atoms with Crippen LogP contribution in [0.1, 0.15) is 40.1 Å². The van der Waals surface area contributed by atoms with Crippen LogP contribution in [0.2, 0.25) is 0 Å². The largest absolute Gasteiger partial charge is 0.350 e. The maximum atomic E-state index is 12.4. The summed E-state index contributed by atoms with van der Waals surface area (Å²) in [5.74, 6) is -0.671. The van der Waals surface area contributed by atoms with E-state index in [0.717, 1.165) is 28.4 Å². The van der Waals surface area contributed by atoms with Crippen LogP contribution in [0, 0.1) is 0 Å². The van der Waals surface area contributed by atoms with E-state index in [0.29, 0.717) is 33.1 Å². The summed E-state index contributed by atoms with van der Waals surface area (Å²) >= 11 is 7.92. The van der Waals surface area contributed by atoms with E-state index >= 15 is 0 Å². The lowest BCUT2D eigenvalue weighted by Gasteiger charge is -2.22. The van der Waals surface area contributed by atoms with Gasteiger partial charge in [-0.05, 0) is 69.0 Å². The van der Waals surface area contributed by atoms with E-state index in [-0.39, 0.29) is 11.8 Å². The molecule has 3 heterocycles. The number of amides is 2. The number of H-pyrrole nitrogens is 1. The number of halogens is 2. The van der Waals surface area contributed by atoms with Crippen molar-refractivity contribution >= 4 is 70.4 Å². The first-order valence-electron chi connectivity index (χ1n) is 8.83. The van der Waals surface area contributed by atoms with Crippen molar-refractivity contribution in [3.63, 3.8) is 0 Å². The molecular weight excluding hydrogens is 528 g/mol. The molecule has 152 valence electrons. The predicted molar refractivity (Wildman–Crippen MR) is 116 cm³/mol. The van der Waals surface area contributed by atoms with Gasteiger partial charge in [-0.25, -0.2) is 15.3 Å². The normalized spacial score (nSPS) is 16.7. The number of rotatable bonds is 5. The molecule has 1 aromatic carbocycles. The maximum Gasteiger partial charge on any atom is 0.274 e. The second-order valence-electron chi connectivity index (χ2n) is 6.35. The minimum atomic E-state index is -0.408. The van der Waals surface area contributed by atoms with Crippen LogP contribution in [0.5, 0.6) is 0 Å². The number of aromatic nitrogens is 2. The van der Waals surface area contributed by atoms with Gasteiger partial charge >= 0.3 is 0 Å². The number of benzene rings is 1. The molecule has 11 heteroatoms. The highest BCUT2D eigenvalue weighted by Crippen LogP contribution is 2.28. The fourth-order valence-corrected chi connectivity index (χ4v) is 4.35. The van der Waals surface area contributed by atoms with Crippen molar-refractivity contribution in [3.8, 4) is 0 Å². The van der Waals surface area contributed by atoms with Gasteiger partial charge < -0.3 is 9.72 Å². The molecule has 1 aliphatic rings. The Bertz CT molecular complexity index is 1040. The van der Waals surface area contributed by atoms with Gasteiger partial charge in [0, 0.05) is 18.6 Å². The number of hydrogen-bond donors (Lipinski definition) is 3. The highest BCUT2D eigenvalue weighted by atomic mass is 79.9. The SMILES string of the molecule is O=C(NOC1CCCCO1)c1ccc2nc(NC(=O)c3cc(Br)c(Br)[nH]3)sc2c1. The van der Waals surface area contributed by atoms with E-state index in [1.54, 1.807) is 24.3 Å². The molecule has 0 aliphatic carbocycles. The highest BCUT2D eigenvalue weighted by Gasteiger charge is 2.17. The molecule has 1 unspecified atom stereocenters. The van der Waals surface area contributed by atoms with Gasteiger partial charge in [0.25, 0.3) is 11.8 Å². The quantitative estimate of drug-likeness (QED) is 0.408. The van der Waals surface area contributed by atoms with Gasteiger partial charge in [0.05, 0.1) is 19.3 Å². The van der Waals surface area contributed by atoms with E-state index in [2.05, 4.69) is 52.6 Å². The van der Waals surface area contributed by atoms with E-state index < -0.39 is 6.29 Å². The molecule has 3 aromatic rings. The predicted octanol–water partition coefficient (Wildman–Crippen LogP) is 4.59. The monoisotopic (exact) mass is 542 g/mol. The van der Waals surface area contributed by atoms with Gasteiger partial charge in [0.2, 0.25) is 0 Å². The van der Waals surface area contributed by atoms with Gasteiger partial charge in [-0.15, -0.1) is 0 Å². The second-order valence-corrected chi connectivity index (χ2v) is 9.02. The summed E-state index contributed by atoms with van der Waals surface area (Å²) in [5, 5.41) is 3.20. The van der Waals surface area contributed by atoms with Gasteiger partial charge in [0.1, 0.15) is 5.69 Å². The fourth-order valence-electron chi connectivity index (χ4n) is 2.79. The third-order valence-electron chi connectivity index (χ3n) is 4.26. The summed E-state index contributed by atoms with van der Waals surface area (Å²) in [7, 11) is 0. The average Bonchev–Trinajstić information content (AvgIpc) is 3.28. The number of ether oxygens (including phenoxy) is 1. The molecule has 3 N–H and O–H groups in total. The van der Waals surface area contributed by atoms with Crippen molar-refractivity contribution in [1.82, 2.24) is 15.4 Å². The lowest BCUT2D eigenvalue weighted by Crippen LogP contribution is -2.33. The first kappa shape index (κ1) is 20.5. The smallest absolute Gasteiger partial charge is 0.274 e. The molecular formula is C18H16Br2N4O4S. The molecule has 8 nitrogen and oxygen atoms in total. The molecule has 1 aliphatic heterocycles. The van der Waals surface area contributed by atoms with E-state index in [4.69, 9.17) is 9.57 Å². The number of anilines is 1. The van der Waals surface area contributed by atoms with Gasteiger partial charge in [0.15, 0.2) is 11.4 Å². The molecule has 1 saturated heterocycles. The molecule has 2 aromatic heterocycles. The van der Waals surface area contributed by atoms with Crippen molar-refractivity contribution in [2.75, 3.05) is 11.9 Å². The minimum absolute atomic E-state index is 0.311. The number of hydroxylamine groups is 1. The lowest BCUT2D eigenvalue weighted by atomic mass is 10.2. The number of aromatic amines is 1. The summed E-state index contributed by atoms with van der Waals surface area (Å²) < 4.78 is 7.64. The second kappa shape index (κ2) is 8.92. The lowest BCUT2D eigenvalue weighted by molar-refractivity contribution is -0.186. The Labute approximate surface area is 186 Å². The maximum absolute atomic E-state index is 12.4. The van der Waals surface area contributed by atoms with Crippen LogP contribution < -0.4 is 10.8 Å². The van der Waals surface area contributed by atoms with E-state index in [1.165, 1.54) is 11.3 Å². The Hall–Kier alpha value is -1.79. The molecule has 4 rings (SSSR count). The number of carbonyl (C=O) groups excluding carboxylic acids is 2. The summed E-state index contributed by atoms with van der Waals surface area (Å²) in [6.45, 7) is 0.637. The summed E-state index contributed by atoms with van der Waals surface area (Å²) in [5.41, 5.74) is 3.96. The summed E-state index contributed by atoms with van der Waals surface area (Å²) in [6, 6.07) is 6.78. The summed E-state index contributed by atoms with van der Waals surface area (Å²) in [6.07, 6.45) is 2.37. The first-order chi connectivity index (χ1) is 14.0. The zero-order valence-corrected chi connectivity index (χ0v) is 18.9. The Morgan fingerprint density at radius 2 is 2.10 bits per heavy atom. The third kappa shape index (κ3) is 4.86. The number of thiazole rings is 1. The van der Waals surface area contributed by atoms with E-state index in [9.17, 15) is 9.59 Å². The van der Waals surface area contributed by atoms with Crippen LogP contribution in [0.3, 0.4) is 0 Å². The number of nitrogens with one attached hydrogen (secondary N) is 3. The molecule has 0 saturated carbocycles. The Morgan fingerprint density at radius 3 is 2.83 bits per heavy atom. The van der Waals surface area contributed by atoms with Crippen LogP contribution in [0.15, 0.2) is 33.3 Å². The van der Waals surface area contributed by atoms with Crippen LogP contribution in [-0.4, -0.2) is 34.7 Å². The van der Waals surface area contributed by atoms with Crippen molar-refractivity contribution in [2.24, 2.45) is 0 Å². The first-order valence-corrected chi connectivity index (χ1v) is 11.2. The van der Waals surface area contributed by atoms with Crippen LogP contribution >= 0.6 is 43.2 Å². The minimum Gasteiger partial charge on any atom is -0.350 e. The zero-order chi connectivity index (χ0) is 20.4. The number of hydrogen-bond acceptors (Lipinski definition) is 6. The zero-order valence-electron chi connectivity index (χ0n) is 15.0. The summed E-state index contributed by atoms with van der Waals surface area (Å²) in [4.78, 5) is 37.3. The third-order valence-corrected chi connectivity index (χ3v) is 6.98. The van der Waals surface area contributed by atoms with Gasteiger partial charge in [-0.1, -0.05) is 11.3 Å². The van der Waals surface area contributed by atoms with Crippen LogP contribution in [0.4, 0.5) is 5.13 Å². The molecule has 0 radical (unpaired) electrons. The van der Waals surface area contributed by atoms with E-state index in [1.807, 2.05) is 0 Å². The molecule has 0 spiro atoms. The molecule has 1 fully saturated rings. The van der Waals surface area contributed by atoms with Crippen molar-refractivity contribution in [1.29, 1.82) is 0 Å². The molecule has 0 bridgehead atoms. The Balaban J connectivity index is 1.42. The van der Waals surface area contributed by atoms with Crippen molar-refractivity contribution < 1.29 is 19.2 Å². The number of carbonyl (C=O) groups is 2. The number of fused-ring (bicyclic) bond motifs is 1. The van der Waals surface area contributed by atoms with Gasteiger partial charge in [-0.2, -0.15) is 0 Å². The van der Waals surface area contributed by atoms with Crippen LogP contribution in [0.25, 0.3) is 10.2 Å². The highest BCUT2D eigenvalue weighted by molar-refractivity contribution is 9.13. The molecule has 1 atom stereocenters. The van der Waals surface area contributed by atoms with Crippen molar-refractivity contribution in [3.05, 3.63) is 44.6 Å². The topological polar surface area (TPSA) is 105 Å². The fraction of sp³-hybridized carbons (Fsp3) is 0.278. The average molecular weight is 544 g/mol. The molecule has 29 heavy (non-hydrogen) atoms. The van der Waals surface area contributed by atoms with Gasteiger partial charge in [-0.3, -0.25) is 14.9 Å². The van der Waals surface area contributed by atoms with Crippen molar-refractivity contribution in [2.45, 2.75) is 25.6 Å². The molecule has 2 amide bonds. The standard InChI is InChI=1S/C18H16Br2N4O4S/c19-10-8-12(21-15(10)20)17(26)23-18-22-11-5-4-9(7-13(11)29-18)16(25)24-28-14-3-1-2-6-27-14/h4-5,7-8,14,21H,1-3,6H2,(H,24,25)(H,22,23,26). The van der Waals surface area contributed by atoms with Crippen LogP contribution in [-0.2, 0) is 9.57 Å².